The number of rotatable bonds is 7. The summed E-state index contributed by atoms with van der Waals surface area (Å²) in [5.41, 5.74) is 4.73. The van der Waals surface area contributed by atoms with Crippen LogP contribution in [0.1, 0.15) is 33.5 Å². The summed E-state index contributed by atoms with van der Waals surface area (Å²) in [6, 6.07) is 20.8. The number of ether oxygens (including phenoxy) is 1. The van der Waals surface area contributed by atoms with Crippen LogP contribution in [0.5, 0.6) is 5.75 Å². The van der Waals surface area contributed by atoms with Gasteiger partial charge in [0, 0.05) is 12.1 Å². The topological polar surface area (TPSA) is 97.5 Å². The summed E-state index contributed by atoms with van der Waals surface area (Å²) < 4.78 is 25.2. The number of H-pyrrole nitrogens is 1. The fourth-order valence-corrected chi connectivity index (χ4v) is 4.48. The third-order valence-electron chi connectivity index (χ3n) is 6.41. The van der Waals surface area contributed by atoms with E-state index in [9.17, 15) is 18.8 Å². The van der Waals surface area contributed by atoms with Crippen molar-refractivity contribution >= 4 is 5.91 Å². The van der Waals surface area contributed by atoms with Gasteiger partial charge in [-0.05, 0) is 71.5 Å². The number of amides is 1. The molecule has 0 aliphatic carbocycles. The molecule has 4 aromatic rings. The Hall–Kier alpha value is -4.40. The number of halogens is 1. The lowest BCUT2D eigenvalue weighted by molar-refractivity contribution is 0.0782. The fraction of sp³-hybridized carbons (Fsp3) is 0.250. The zero-order valence-corrected chi connectivity index (χ0v) is 20.3. The Morgan fingerprint density at radius 3 is 2.57 bits per heavy atom. The van der Waals surface area contributed by atoms with Gasteiger partial charge in [0.25, 0.3) is 5.91 Å². The van der Waals surface area contributed by atoms with Crippen LogP contribution in [0.4, 0.5) is 4.39 Å². The molecule has 0 bridgehead atoms. The van der Waals surface area contributed by atoms with E-state index >= 15 is 0 Å². The lowest BCUT2D eigenvalue weighted by atomic mass is 9.97. The van der Waals surface area contributed by atoms with Crippen molar-refractivity contribution in [1.82, 2.24) is 14.6 Å². The van der Waals surface area contributed by atoms with Crippen LogP contribution < -0.4 is 16.2 Å². The molecule has 1 fully saturated rings. The van der Waals surface area contributed by atoms with E-state index in [0.717, 1.165) is 32.6 Å². The molecule has 0 unspecified atom stereocenters. The van der Waals surface area contributed by atoms with Crippen molar-refractivity contribution in [3.8, 4) is 16.9 Å². The Morgan fingerprint density at radius 2 is 1.89 bits per heavy atom. The zero-order valence-electron chi connectivity index (χ0n) is 20.3. The number of alkyl halides is 1. The van der Waals surface area contributed by atoms with Crippen LogP contribution >= 0.6 is 0 Å². The number of benzene rings is 3. The van der Waals surface area contributed by atoms with E-state index in [1.54, 1.807) is 35.2 Å². The second-order valence-electron chi connectivity index (χ2n) is 9.15. The molecule has 0 radical (unpaired) electrons. The number of likely N-dealkylation sites (tertiary alicyclic amines) is 1. The zero-order chi connectivity index (χ0) is 25.9. The summed E-state index contributed by atoms with van der Waals surface area (Å²) in [4.78, 5) is 39.0. The Morgan fingerprint density at radius 1 is 1.08 bits per heavy atom. The van der Waals surface area contributed by atoms with E-state index in [-0.39, 0.29) is 19.0 Å². The highest BCUT2D eigenvalue weighted by molar-refractivity contribution is 5.95. The minimum absolute atomic E-state index is 0.132. The van der Waals surface area contributed by atoms with E-state index in [4.69, 9.17) is 9.26 Å². The van der Waals surface area contributed by atoms with Crippen LogP contribution in [0.3, 0.4) is 0 Å². The smallest absolute Gasteiger partial charge is 0.440 e. The molecule has 1 amide bonds. The van der Waals surface area contributed by atoms with Gasteiger partial charge in [-0.3, -0.25) is 4.79 Å². The predicted octanol–water partition coefficient (Wildman–Crippen LogP) is 3.92. The number of carbonyl (C=O) groups excluding carboxylic acids is 1. The predicted molar refractivity (Wildman–Crippen MR) is 135 cm³/mol. The molecule has 5 rings (SSSR count). The van der Waals surface area contributed by atoms with E-state index in [2.05, 4.69) is 0 Å². The molecule has 0 saturated carbocycles. The standard InChI is InChI=1S/C28H26FN3O5/c1-18-13-22(26(33)31-12-11-23(29)16-31)7-10-25(18)21-4-2-3-20(14-21)17-36-24-8-5-19(6-9-24)15-32-27(34)30-28(35)37-32/h2-10,13-14,23H,11-12,15-17H2,1H3,(H,30,34,35)/t23-/m1/s1. The fourth-order valence-electron chi connectivity index (χ4n) is 4.48. The van der Waals surface area contributed by atoms with Gasteiger partial charge < -0.3 is 14.2 Å². The molecule has 1 saturated heterocycles. The molecule has 1 aromatic heterocycles. The summed E-state index contributed by atoms with van der Waals surface area (Å²) in [7, 11) is 0. The molecule has 1 aliphatic heterocycles. The van der Waals surface area contributed by atoms with Crippen LogP contribution in [0.2, 0.25) is 0 Å². The number of nitrogens with zero attached hydrogens (tertiary/aromatic N) is 2. The van der Waals surface area contributed by atoms with Crippen LogP contribution in [0.25, 0.3) is 11.1 Å². The van der Waals surface area contributed by atoms with Crippen LogP contribution in [-0.4, -0.2) is 39.8 Å². The maximum absolute atomic E-state index is 13.5. The Labute approximate surface area is 211 Å². The van der Waals surface area contributed by atoms with Crippen molar-refractivity contribution in [2.24, 2.45) is 0 Å². The van der Waals surface area contributed by atoms with Crippen LogP contribution in [-0.2, 0) is 13.2 Å². The Kier molecular flexibility index (Phi) is 6.76. The third kappa shape index (κ3) is 5.55. The normalized spacial score (nSPS) is 15.2. The van der Waals surface area contributed by atoms with E-state index in [0.29, 0.717) is 30.9 Å². The van der Waals surface area contributed by atoms with Crippen molar-refractivity contribution in [3.05, 3.63) is 110 Å². The molecular weight excluding hydrogens is 477 g/mol. The lowest BCUT2D eigenvalue weighted by Crippen LogP contribution is -2.28. The largest absolute Gasteiger partial charge is 0.489 e. The third-order valence-corrected chi connectivity index (χ3v) is 6.41. The van der Waals surface area contributed by atoms with Crippen LogP contribution in [0.15, 0.2) is 80.8 Å². The molecule has 2 heterocycles. The quantitative estimate of drug-likeness (QED) is 0.412. The molecule has 8 nitrogen and oxygen atoms in total. The van der Waals surface area contributed by atoms with Gasteiger partial charge in [0.1, 0.15) is 18.5 Å². The van der Waals surface area contributed by atoms with Gasteiger partial charge >= 0.3 is 11.4 Å². The number of carbonyl (C=O) groups is 1. The first-order chi connectivity index (χ1) is 17.9. The van der Waals surface area contributed by atoms with Gasteiger partial charge in [0.15, 0.2) is 0 Å². The highest BCUT2D eigenvalue weighted by Crippen LogP contribution is 2.27. The molecule has 1 aliphatic rings. The van der Waals surface area contributed by atoms with Crippen molar-refractivity contribution in [1.29, 1.82) is 0 Å². The van der Waals surface area contributed by atoms with Crippen molar-refractivity contribution in [2.45, 2.75) is 32.7 Å². The molecule has 1 atom stereocenters. The van der Waals surface area contributed by atoms with Gasteiger partial charge in [-0.25, -0.2) is 19.0 Å². The summed E-state index contributed by atoms with van der Waals surface area (Å²) in [5.74, 6) is -0.258. The highest BCUT2D eigenvalue weighted by atomic mass is 19.1. The van der Waals surface area contributed by atoms with Gasteiger partial charge in [0.2, 0.25) is 0 Å². The Bertz CT molecular complexity index is 1540. The van der Waals surface area contributed by atoms with Crippen molar-refractivity contribution in [3.63, 3.8) is 0 Å². The minimum Gasteiger partial charge on any atom is -0.489 e. The van der Waals surface area contributed by atoms with Gasteiger partial charge in [-0.2, -0.15) is 0 Å². The number of hydrogen-bond donors (Lipinski definition) is 1. The second kappa shape index (κ2) is 10.3. The van der Waals surface area contributed by atoms with Gasteiger partial charge in [-0.1, -0.05) is 36.4 Å². The summed E-state index contributed by atoms with van der Waals surface area (Å²) >= 11 is 0. The minimum atomic E-state index is -0.938. The molecule has 1 N–H and O–H groups in total. The summed E-state index contributed by atoms with van der Waals surface area (Å²) in [6.45, 7) is 3.07. The van der Waals surface area contributed by atoms with Crippen molar-refractivity contribution in [2.75, 3.05) is 13.1 Å². The summed E-state index contributed by atoms with van der Waals surface area (Å²) in [5, 5.41) is 0. The number of aromatic amines is 1. The first-order valence-corrected chi connectivity index (χ1v) is 12.0. The van der Waals surface area contributed by atoms with E-state index in [1.165, 1.54) is 0 Å². The van der Waals surface area contributed by atoms with Crippen LogP contribution in [0, 0.1) is 6.92 Å². The Balaban J connectivity index is 1.23. The molecule has 190 valence electrons. The van der Waals surface area contributed by atoms with Crippen molar-refractivity contribution < 1.29 is 18.4 Å². The highest BCUT2D eigenvalue weighted by Gasteiger charge is 2.26. The van der Waals surface area contributed by atoms with E-state index in [1.807, 2.05) is 48.3 Å². The number of nitrogens with one attached hydrogen (secondary N) is 1. The average molecular weight is 504 g/mol. The second-order valence-corrected chi connectivity index (χ2v) is 9.15. The van der Waals surface area contributed by atoms with Gasteiger partial charge in [-0.15, -0.1) is 4.74 Å². The number of hydrogen-bond acceptors (Lipinski definition) is 5. The first-order valence-electron chi connectivity index (χ1n) is 12.0. The van der Waals surface area contributed by atoms with Gasteiger partial charge in [0.05, 0.1) is 13.1 Å². The maximum atomic E-state index is 13.5. The average Bonchev–Trinajstić information content (AvgIpc) is 3.47. The molecule has 0 spiro atoms. The molecule has 37 heavy (non-hydrogen) atoms. The lowest BCUT2D eigenvalue weighted by Gasteiger charge is -2.16. The van der Waals surface area contributed by atoms with E-state index < -0.39 is 17.6 Å². The number of aromatic nitrogens is 2. The SMILES string of the molecule is Cc1cc(C(=O)N2CC[C@@H](F)C2)ccc1-c1cccc(COc2ccc(Cn3oc(=O)[nH]c3=O)cc2)c1. The monoisotopic (exact) mass is 503 g/mol. The first kappa shape index (κ1) is 24.3. The maximum Gasteiger partial charge on any atom is 0.440 e. The number of aryl methyl sites for hydroxylation is 1. The molecular formula is C28H26FN3O5. The molecule has 3 aromatic carbocycles. The summed E-state index contributed by atoms with van der Waals surface area (Å²) in [6.07, 6.45) is -0.539. The molecule has 9 heteroatoms.